The van der Waals surface area contributed by atoms with Gasteiger partial charge in [-0.25, -0.2) is 0 Å². The molecule has 7 aromatic rings. The van der Waals surface area contributed by atoms with Crippen LogP contribution in [0.25, 0.3) is 59.5 Å². The number of ether oxygens (including phenoxy) is 1. The van der Waals surface area contributed by atoms with Crippen LogP contribution in [-0.2, 0) is 0 Å². The van der Waals surface area contributed by atoms with E-state index in [9.17, 15) is 0 Å². The van der Waals surface area contributed by atoms with Gasteiger partial charge in [0, 0.05) is 10.6 Å². The van der Waals surface area contributed by atoms with Gasteiger partial charge >= 0.3 is 0 Å². The predicted octanol–water partition coefficient (Wildman–Crippen LogP) is 9.85. The minimum atomic E-state index is 0.851. The first-order valence-corrected chi connectivity index (χ1v) is 13.5. The number of fused-ring (bicyclic) bond motifs is 2. The third kappa shape index (κ3) is 3.98. The Hall–Kier alpha value is -4.60. The summed E-state index contributed by atoms with van der Waals surface area (Å²) in [6.07, 6.45) is 0. The summed E-state index contributed by atoms with van der Waals surface area (Å²) in [4.78, 5) is 2.50. The Morgan fingerprint density at radius 3 is 1.76 bits per heavy atom. The van der Waals surface area contributed by atoms with Gasteiger partial charge in [0.25, 0.3) is 0 Å². The van der Waals surface area contributed by atoms with Gasteiger partial charge in [-0.1, -0.05) is 72.8 Å². The van der Waals surface area contributed by atoms with E-state index >= 15 is 0 Å². The molecule has 5 aromatic carbocycles. The van der Waals surface area contributed by atoms with Crippen LogP contribution in [0.4, 0.5) is 0 Å². The standard InChI is InChI=1S/C35H25NOS/c1-37-31-16-14-30(15-17-31)36-32(28-12-10-24-6-2-4-8-26(24)22-28)18-19-33(36)35-21-20-34(38-35)29-13-11-25-7-3-5-9-27(25)23-29/h2-23H,1H3. The molecule has 38 heavy (non-hydrogen) atoms. The highest BCUT2D eigenvalue weighted by Crippen LogP contribution is 2.40. The van der Waals surface area contributed by atoms with Crippen LogP contribution in [0.2, 0.25) is 0 Å². The van der Waals surface area contributed by atoms with Crippen molar-refractivity contribution in [3.63, 3.8) is 0 Å². The highest BCUT2D eigenvalue weighted by Gasteiger charge is 2.16. The van der Waals surface area contributed by atoms with Crippen LogP contribution in [-0.4, -0.2) is 11.7 Å². The van der Waals surface area contributed by atoms with E-state index in [2.05, 4.69) is 126 Å². The Labute approximate surface area is 226 Å². The van der Waals surface area contributed by atoms with Crippen molar-refractivity contribution < 1.29 is 4.74 Å². The Morgan fingerprint density at radius 1 is 0.500 bits per heavy atom. The van der Waals surface area contributed by atoms with Gasteiger partial charge in [0.1, 0.15) is 5.75 Å². The second-order valence-electron chi connectivity index (χ2n) is 9.43. The van der Waals surface area contributed by atoms with Crippen LogP contribution in [0.3, 0.4) is 0 Å². The Kier molecular flexibility index (Phi) is 5.57. The average molecular weight is 508 g/mol. The molecule has 3 heteroatoms. The molecule has 0 atom stereocenters. The lowest BCUT2D eigenvalue weighted by molar-refractivity contribution is 0.415. The van der Waals surface area contributed by atoms with E-state index in [1.165, 1.54) is 48.1 Å². The van der Waals surface area contributed by atoms with Crippen molar-refractivity contribution in [2.45, 2.75) is 0 Å². The quantitative estimate of drug-likeness (QED) is 0.226. The maximum Gasteiger partial charge on any atom is 0.119 e. The fourth-order valence-corrected chi connectivity index (χ4v) is 6.20. The summed E-state index contributed by atoms with van der Waals surface area (Å²) in [7, 11) is 1.70. The second-order valence-corrected chi connectivity index (χ2v) is 10.5. The summed E-state index contributed by atoms with van der Waals surface area (Å²) in [5, 5.41) is 5.02. The molecular formula is C35H25NOS. The first-order chi connectivity index (χ1) is 18.8. The van der Waals surface area contributed by atoms with Crippen LogP contribution < -0.4 is 4.74 Å². The molecule has 182 valence electrons. The van der Waals surface area contributed by atoms with Gasteiger partial charge in [-0.05, 0) is 93.3 Å². The van der Waals surface area contributed by atoms with Crippen molar-refractivity contribution in [1.29, 1.82) is 0 Å². The van der Waals surface area contributed by atoms with E-state index in [0.29, 0.717) is 0 Å². The summed E-state index contributed by atoms with van der Waals surface area (Å²) in [5.74, 6) is 0.851. The van der Waals surface area contributed by atoms with E-state index in [1.54, 1.807) is 7.11 Å². The maximum atomic E-state index is 5.44. The second kappa shape index (κ2) is 9.37. The number of thiophene rings is 1. The van der Waals surface area contributed by atoms with Crippen molar-refractivity contribution in [1.82, 2.24) is 4.57 Å². The third-order valence-electron chi connectivity index (χ3n) is 7.15. The van der Waals surface area contributed by atoms with Gasteiger partial charge in [-0.15, -0.1) is 11.3 Å². The molecule has 0 bridgehead atoms. The first kappa shape index (κ1) is 22.6. The first-order valence-electron chi connectivity index (χ1n) is 12.7. The highest BCUT2D eigenvalue weighted by atomic mass is 32.1. The molecule has 7 rings (SSSR count). The molecule has 2 aromatic heterocycles. The van der Waals surface area contributed by atoms with Gasteiger partial charge in [-0.3, -0.25) is 0 Å². The minimum absolute atomic E-state index is 0.851. The zero-order chi connectivity index (χ0) is 25.5. The molecule has 0 saturated carbocycles. The summed E-state index contributed by atoms with van der Waals surface area (Å²) in [5.41, 5.74) is 5.89. The molecule has 0 aliphatic heterocycles. The highest BCUT2D eigenvalue weighted by molar-refractivity contribution is 7.18. The van der Waals surface area contributed by atoms with Crippen LogP contribution in [0, 0.1) is 0 Å². The Balaban J connectivity index is 1.36. The fourth-order valence-electron chi connectivity index (χ4n) is 5.19. The number of benzene rings is 5. The minimum Gasteiger partial charge on any atom is -0.497 e. The lowest BCUT2D eigenvalue weighted by Gasteiger charge is -2.14. The third-order valence-corrected chi connectivity index (χ3v) is 8.31. The van der Waals surface area contributed by atoms with Crippen molar-refractivity contribution in [3.05, 3.63) is 133 Å². The molecule has 0 spiro atoms. The largest absolute Gasteiger partial charge is 0.497 e. The lowest BCUT2D eigenvalue weighted by Crippen LogP contribution is -1.99. The molecule has 0 radical (unpaired) electrons. The number of hydrogen-bond donors (Lipinski definition) is 0. The molecule has 0 unspecified atom stereocenters. The number of hydrogen-bond acceptors (Lipinski definition) is 2. The number of aromatic nitrogens is 1. The Bertz CT molecular complexity index is 1910. The topological polar surface area (TPSA) is 14.2 Å². The molecule has 0 aliphatic carbocycles. The molecule has 2 heterocycles. The molecule has 0 aliphatic rings. The van der Waals surface area contributed by atoms with Crippen molar-refractivity contribution in [3.8, 4) is 43.7 Å². The fraction of sp³-hybridized carbons (Fsp3) is 0.0286. The van der Waals surface area contributed by atoms with Gasteiger partial charge < -0.3 is 9.30 Å². The molecule has 0 N–H and O–H groups in total. The van der Waals surface area contributed by atoms with Crippen molar-refractivity contribution in [2.24, 2.45) is 0 Å². The van der Waals surface area contributed by atoms with Gasteiger partial charge in [0.05, 0.1) is 23.4 Å². The van der Waals surface area contributed by atoms with Crippen molar-refractivity contribution in [2.75, 3.05) is 7.11 Å². The number of rotatable bonds is 5. The molecule has 0 fully saturated rings. The van der Waals surface area contributed by atoms with Crippen LogP contribution >= 0.6 is 11.3 Å². The van der Waals surface area contributed by atoms with Gasteiger partial charge in [0.2, 0.25) is 0 Å². The van der Waals surface area contributed by atoms with E-state index in [4.69, 9.17) is 4.74 Å². The summed E-state index contributed by atoms with van der Waals surface area (Å²) >= 11 is 1.83. The van der Waals surface area contributed by atoms with Gasteiger partial charge in [0.15, 0.2) is 0 Å². The normalized spacial score (nSPS) is 11.3. The average Bonchev–Trinajstić information content (AvgIpc) is 3.65. The van der Waals surface area contributed by atoms with Gasteiger partial charge in [-0.2, -0.15) is 0 Å². The summed E-state index contributed by atoms with van der Waals surface area (Å²) in [6.45, 7) is 0. The van der Waals surface area contributed by atoms with Crippen LogP contribution in [0.5, 0.6) is 5.75 Å². The smallest absolute Gasteiger partial charge is 0.119 e. The monoisotopic (exact) mass is 507 g/mol. The van der Waals surface area contributed by atoms with E-state index in [0.717, 1.165) is 17.1 Å². The van der Waals surface area contributed by atoms with E-state index in [-0.39, 0.29) is 0 Å². The predicted molar refractivity (Wildman–Crippen MR) is 162 cm³/mol. The maximum absolute atomic E-state index is 5.44. The van der Waals surface area contributed by atoms with Crippen LogP contribution in [0.1, 0.15) is 0 Å². The lowest BCUT2D eigenvalue weighted by atomic mass is 10.0. The van der Waals surface area contributed by atoms with E-state index in [1.807, 2.05) is 23.5 Å². The molecule has 0 amide bonds. The number of methoxy groups -OCH3 is 1. The Morgan fingerprint density at radius 2 is 1.08 bits per heavy atom. The summed E-state index contributed by atoms with van der Waals surface area (Å²) in [6, 6.07) is 47.7. The zero-order valence-corrected chi connectivity index (χ0v) is 21.8. The SMILES string of the molecule is COc1ccc(-n2c(-c3ccc4ccccc4c3)ccc2-c2ccc(-c3ccc4ccccc4c3)s2)cc1. The van der Waals surface area contributed by atoms with E-state index < -0.39 is 0 Å². The van der Waals surface area contributed by atoms with Crippen molar-refractivity contribution >= 4 is 32.9 Å². The number of nitrogens with zero attached hydrogens (tertiary/aromatic N) is 1. The molecule has 2 nitrogen and oxygen atoms in total. The van der Waals surface area contributed by atoms with Crippen LogP contribution in [0.15, 0.2) is 133 Å². The molecule has 0 saturated heterocycles. The zero-order valence-electron chi connectivity index (χ0n) is 21.0. The molecular weight excluding hydrogens is 482 g/mol. The summed E-state index contributed by atoms with van der Waals surface area (Å²) < 4.78 is 7.80.